The molecule has 11 heteroatoms. The first-order valence-corrected chi connectivity index (χ1v) is 14.4. The summed E-state index contributed by atoms with van der Waals surface area (Å²) in [7, 11) is 4.56. The van der Waals surface area contributed by atoms with Gasteiger partial charge in [0.25, 0.3) is 5.56 Å². The predicted octanol–water partition coefficient (Wildman–Crippen LogP) is 3.86. The summed E-state index contributed by atoms with van der Waals surface area (Å²) in [6.07, 6.45) is 1.72. The van der Waals surface area contributed by atoms with E-state index < -0.39 is 12.0 Å². The van der Waals surface area contributed by atoms with Crippen molar-refractivity contribution in [2.24, 2.45) is 4.99 Å². The van der Waals surface area contributed by atoms with Gasteiger partial charge in [0.2, 0.25) is 0 Å². The lowest BCUT2D eigenvalue weighted by Crippen LogP contribution is -2.40. The normalized spacial score (nSPS) is 14.2. The minimum absolute atomic E-state index is 0.128. The first-order valence-electron chi connectivity index (χ1n) is 13.6. The molecule has 0 radical (unpaired) electrons. The maximum absolute atomic E-state index is 14.2. The Hall–Kier alpha value is -5.34. The lowest BCUT2D eigenvalue weighted by atomic mass is 9.93. The molecule has 4 aromatic rings. The fraction of sp³-hybridized carbons (Fsp3) is 0.212. The Morgan fingerprint density at radius 3 is 2.36 bits per heavy atom. The minimum Gasteiger partial charge on any atom is -0.493 e. The maximum Gasteiger partial charge on any atom is 0.338 e. The number of nitrogens with zero attached hydrogens (tertiary/aromatic N) is 3. The second kappa shape index (κ2) is 13.3. The highest BCUT2D eigenvalue weighted by molar-refractivity contribution is 7.07. The Balaban J connectivity index is 1.78. The van der Waals surface area contributed by atoms with Crippen LogP contribution in [0.3, 0.4) is 0 Å². The van der Waals surface area contributed by atoms with Crippen LogP contribution in [-0.4, -0.2) is 45.1 Å². The highest BCUT2D eigenvalue weighted by atomic mass is 32.1. The number of methoxy groups -OCH3 is 3. The highest BCUT2D eigenvalue weighted by Crippen LogP contribution is 2.38. The molecule has 0 saturated carbocycles. The van der Waals surface area contributed by atoms with Crippen LogP contribution in [0.5, 0.6) is 23.0 Å². The van der Waals surface area contributed by atoms with Crippen molar-refractivity contribution in [1.82, 2.24) is 4.57 Å². The van der Waals surface area contributed by atoms with Gasteiger partial charge in [0.05, 0.1) is 49.8 Å². The molecule has 1 atom stereocenters. The number of benzene rings is 3. The summed E-state index contributed by atoms with van der Waals surface area (Å²) >= 11 is 1.20. The van der Waals surface area contributed by atoms with Gasteiger partial charge >= 0.3 is 5.97 Å². The van der Waals surface area contributed by atoms with Crippen LogP contribution in [0.25, 0.3) is 11.8 Å². The zero-order valence-electron chi connectivity index (χ0n) is 24.5. The molecule has 0 fully saturated rings. The number of ether oxygens (including phenoxy) is 5. The molecule has 5 rings (SSSR count). The fourth-order valence-corrected chi connectivity index (χ4v) is 5.93. The number of hydrogen-bond acceptors (Lipinski definition) is 10. The average Bonchev–Trinajstić information content (AvgIpc) is 3.37. The molecule has 0 spiro atoms. The molecule has 0 bridgehead atoms. The van der Waals surface area contributed by atoms with Gasteiger partial charge in [-0.05, 0) is 48.4 Å². The summed E-state index contributed by atoms with van der Waals surface area (Å²) in [5.74, 6) is 1.19. The molecular formula is C33H29N3O7S. The second-order valence-electron chi connectivity index (χ2n) is 9.40. The van der Waals surface area contributed by atoms with Crippen molar-refractivity contribution in [3.05, 3.63) is 109 Å². The van der Waals surface area contributed by atoms with Gasteiger partial charge in [0.15, 0.2) is 34.4 Å². The van der Waals surface area contributed by atoms with E-state index in [1.54, 1.807) is 49.4 Å². The Kier molecular flexibility index (Phi) is 9.12. The number of rotatable bonds is 10. The minimum atomic E-state index is -0.876. The zero-order chi connectivity index (χ0) is 31.2. The van der Waals surface area contributed by atoms with Crippen LogP contribution >= 0.6 is 11.3 Å². The molecule has 224 valence electrons. The van der Waals surface area contributed by atoms with Crippen LogP contribution in [0.2, 0.25) is 0 Å². The average molecular weight is 612 g/mol. The van der Waals surface area contributed by atoms with E-state index in [1.807, 2.05) is 36.4 Å². The zero-order valence-corrected chi connectivity index (χ0v) is 25.3. The van der Waals surface area contributed by atoms with Gasteiger partial charge in [-0.3, -0.25) is 9.36 Å². The van der Waals surface area contributed by atoms with Crippen LogP contribution in [0, 0.1) is 11.3 Å². The van der Waals surface area contributed by atoms with E-state index in [0.717, 1.165) is 0 Å². The monoisotopic (exact) mass is 611 g/mol. The van der Waals surface area contributed by atoms with Gasteiger partial charge in [0.1, 0.15) is 6.07 Å². The Morgan fingerprint density at radius 2 is 1.68 bits per heavy atom. The quantitative estimate of drug-likeness (QED) is 0.248. The SMILES string of the molecule is CCOC(=O)C1=C(c2ccccc2)N=c2s/c(=C\c3ccc(OCC#N)c(OC)c3)c(=O)n2[C@H]1c1ccc(OC)c(OC)c1. The van der Waals surface area contributed by atoms with E-state index in [1.165, 1.54) is 37.2 Å². The molecule has 0 saturated heterocycles. The lowest BCUT2D eigenvalue weighted by molar-refractivity contribution is -0.138. The van der Waals surface area contributed by atoms with Crippen molar-refractivity contribution in [2.45, 2.75) is 13.0 Å². The van der Waals surface area contributed by atoms with E-state index in [2.05, 4.69) is 0 Å². The largest absolute Gasteiger partial charge is 0.493 e. The van der Waals surface area contributed by atoms with Gasteiger partial charge in [-0.15, -0.1) is 0 Å². The number of hydrogen-bond donors (Lipinski definition) is 0. The van der Waals surface area contributed by atoms with E-state index >= 15 is 0 Å². The van der Waals surface area contributed by atoms with Gasteiger partial charge in [-0.2, -0.15) is 5.26 Å². The number of fused-ring (bicyclic) bond motifs is 1. The molecular weight excluding hydrogens is 582 g/mol. The molecule has 1 aliphatic rings. The third kappa shape index (κ3) is 5.80. The summed E-state index contributed by atoms with van der Waals surface area (Å²) in [5.41, 5.74) is 2.29. The van der Waals surface area contributed by atoms with Crippen LogP contribution in [-0.2, 0) is 9.53 Å². The molecule has 1 aliphatic heterocycles. The van der Waals surface area contributed by atoms with E-state index in [9.17, 15) is 9.59 Å². The number of carbonyl (C=O) groups excluding carboxylic acids is 1. The number of carbonyl (C=O) groups is 1. The first-order chi connectivity index (χ1) is 21.4. The number of nitriles is 1. The van der Waals surface area contributed by atoms with Crippen LogP contribution in [0.15, 0.2) is 82.1 Å². The van der Waals surface area contributed by atoms with Crippen molar-refractivity contribution < 1.29 is 28.5 Å². The number of aromatic nitrogens is 1. The van der Waals surface area contributed by atoms with Crippen molar-refractivity contribution in [3.63, 3.8) is 0 Å². The van der Waals surface area contributed by atoms with Crippen molar-refractivity contribution in [2.75, 3.05) is 34.5 Å². The van der Waals surface area contributed by atoms with Gasteiger partial charge in [0, 0.05) is 5.56 Å². The van der Waals surface area contributed by atoms with Crippen molar-refractivity contribution in [1.29, 1.82) is 5.26 Å². The van der Waals surface area contributed by atoms with Crippen LogP contribution in [0.1, 0.15) is 29.7 Å². The summed E-state index contributed by atoms with van der Waals surface area (Å²) in [4.78, 5) is 33.1. The Bertz CT molecular complexity index is 1960. The number of thiazole rings is 1. The molecule has 0 aliphatic carbocycles. The third-order valence-electron chi connectivity index (χ3n) is 6.87. The maximum atomic E-state index is 14.2. The molecule has 1 aromatic heterocycles. The Morgan fingerprint density at radius 1 is 0.977 bits per heavy atom. The van der Waals surface area contributed by atoms with Gasteiger partial charge in [-0.1, -0.05) is 53.8 Å². The van der Waals surface area contributed by atoms with Crippen molar-refractivity contribution >= 4 is 29.1 Å². The topological polar surface area (TPSA) is 121 Å². The number of esters is 1. The summed E-state index contributed by atoms with van der Waals surface area (Å²) < 4.78 is 29.3. The highest BCUT2D eigenvalue weighted by Gasteiger charge is 2.35. The summed E-state index contributed by atoms with van der Waals surface area (Å²) in [6, 6.07) is 20.8. The summed E-state index contributed by atoms with van der Waals surface area (Å²) in [6.45, 7) is 1.74. The van der Waals surface area contributed by atoms with Crippen molar-refractivity contribution in [3.8, 4) is 29.1 Å². The molecule has 44 heavy (non-hydrogen) atoms. The second-order valence-corrected chi connectivity index (χ2v) is 10.4. The Labute approximate surface area is 257 Å². The van der Waals surface area contributed by atoms with E-state index in [-0.39, 0.29) is 24.3 Å². The van der Waals surface area contributed by atoms with E-state index in [4.69, 9.17) is 33.9 Å². The molecule has 2 heterocycles. The molecule has 10 nitrogen and oxygen atoms in total. The smallest absolute Gasteiger partial charge is 0.338 e. The lowest BCUT2D eigenvalue weighted by Gasteiger charge is -2.26. The van der Waals surface area contributed by atoms with E-state index in [0.29, 0.717) is 54.7 Å². The third-order valence-corrected chi connectivity index (χ3v) is 7.86. The van der Waals surface area contributed by atoms with Gasteiger partial charge < -0.3 is 23.7 Å². The molecule has 3 aromatic carbocycles. The van der Waals surface area contributed by atoms with Crippen LogP contribution < -0.4 is 33.8 Å². The van der Waals surface area contributed by atoms with Crippen LogP contribution in [0.4, 0.5) is 0 Å². The molecule has 0 N–H and O–H groups in total. The standard InChI is InChI=1S/C33H29N3O7S/c1-5-42-32(38)28-29(21-9-7-6-8-10-21)35-33-36(30(28)22-12-14-23(39-2)26(19-22)41-4)31(37)27(44-33)18-20-11-13-24(43-16-15-34)25(17-20)40-3/h6-14,17-19,30H,5,16H2,1-4H3/b27-18-/t30-/m0/s1. The molecule has 0 unspecified atom stereocenters. The first kappa shape index (κ1) is 30.1. The fourth-order valence-electron chi connectivity index (χ4n) is 4.93. The predicted molar refractivity (Wildman–Crippen MR) is 165 cm³/mol. The van der Waals surface area contributed by atoms with Gasteiger partial charge in [-0.25, -0.2) is 9.79 Å². The summed E-state index contributed by atoms with van der Waals surface area (Å²) in [5, 5.41) is 8.87. The molecule has 0 amide bonds.